The van der Waals surface area contributed by atoms with Crippen molar-refractivity contribution >= 4 is 17.5 Å². The highest BCUT2D eigenvalue weighted by Gasteiger charge is 2.30. The summed E-state index contributed by atoms with van der Waals surface area (Å²) in [5.74, 6) is 1.05. The van der Waals surface area contributed by atoms with E-state index in [2.05, 4.69) is 20.6 Å². The van der Waals surface area contributed by atoms with Crippen LogP contribution in [-0.2, 0) is 6.18 Å². The zero-order valence-electron chi connectivity index (χ0n) is 15.7. The molecule has 0 radical (unpaired) electrons. The second-order valence-electron chi connectivity index (χ2n) is 7.15. The molecule has 0 spiro atoms. The Morgan fingerprint density at radius 3 is 2.21 bits per heavy atom. The molecule has 2 N–H and O–H groups in total. The first-order valence-corrected chi connectivity index (χ1v) is 9.63. The largest absolute Gasteiger partial charge is 0.416 e. The SMILES string of the molecule is FC(F)(F)c1ccc(Nc2cc(-c3ccccc3)nc(NC3CCCC3)n2)cc1. The molecular formula is C22H21F3N4. The molecule has 7 heteroatoms. The summed E-state index contributed by atoms with van der Waals surface area (Å²) >= 11 is 0. The van der Waals surface area contributed by atoms with Gasteiger partial charge >= 0.3 is 6.18 Å². The van der Waals surface area contributed by atoms with E-state index in [4.69, 9.17) is 0 Å². The zero-order chi connectivity index (χ0) is 20.3. The Balaban J connectivity index is 1.62. The smallest absolute Gasteiger partial charge is 0.351 e. The van der Waals surface area contributed by atoms with Crippen molar-refractivity contribution in [3.05, 3.63) is 66.2 Å². The minimum Gasteiger partial charge on any atom is -0.351 e. The molecule has 150 valence electrons. The van der Waals surface area contributed by atoms with Gasteiger partial charge in [0, 0.05) is 23.4 Å². The quantitative estimate of drug-likeness (QED) is 0.533. The average Bonchev–Trinajstić information content (AvgIpc) is 3.21. The molecule has 3 aromatic rings. The molecule has 1 saturated carbocycles. The van der Waals surface area contributed by atoms with E-state index in [1.54, 1.807) is 6.07 Å². The summed E-state index contributed by atoms with van der Waals surface area (Å²) in [6, 6.07) is 16.8. The fourth-order valence-electron chi connectivity index (χ4n) is 3.48. The van der Waals surface area contributed by atoms with Gasteiger partial charge in [-0.3, -0.25) is 0 Å². The van der Waals surface area contributed by atoms with Crippen LogP contribution in [0.4, 0.5) is 30.6 Å². The van der Waals surface area contributed by atoms with Crippen molar-refractivity contribution in [1.82, 2.24) is 9.97 Å². The first-order valence-electron chi connectivity index (χ1n) is 9.63. The third-order valence-corrected chi connectivity index (χ3v) is 4.97. The highest BCUT2D eigenvalue weighted by atomic mass is 19.4. The molecule has 0 unspecified atom stereocenters. The van der Waals surface area contributed by atoms with Gasteiger partial charge in [0.1, 0.15) is 5.82 Å². The minimum absolute atomic E-state index is 0.347. The molecule has 0 bridgehead atoms. The van der Waals surface area contributed by atoms with E-state index >= 15 is 0 Å². The number of anilines is 3. The second kappa shape index (κ2) is 8.11. The van der Waals surface area contributed by atoms with Gasteiger partial charge in [0.15, 0.2) is 0 Å². The summed E-state index contributed by atoms with van der Waals surface area (Å²) in [5, 5.41) is 6.49. The molecule has 1 heterocycles. The topological polar surface area (TPSA) is 49.8 Å². The lowest BCUT2D eigenvalue weighted by Crippen LogP contribution is -2.17. The Labute approximate surface area is 167 Å². The third kappa shape index (κ3) is 4.85. The van der Waals surface area contributed by atoms with Crippen molar-refractivity contribution in [3.8, 4) is 11.3 Å². The predicted octanol–water partition coefficient (Wildman–Crippen LogP) is 6.26. The number of hydrogen-bond donors (Lipinski definition) is 2. The van der Waals surface area contributed by atoms with Gasteiger partial charge in [0.25, 0.3) is 0 Å². The summed E-state index contributed by atoms with van der Waals surface area (Å²) in [4.78, 5) is 9.18. The van der Waals surface area contributed by atoms with Crippen LogP contribution in [0.15, 0.2) is 60.7 Å². The first-order chi connectivity index (χ1) is 14.0. The number of aromatic nitrogens is 2. The van der Waals surface area contributed by atoms with E-state index < -0.39 is 11.7 Å². The fourth-order valence-corrected chi connectivity index (χ4v) is 3.48. The van der Waals surface area contributed by atoms with Crippen LogP contribution in [0, 0.1) is 0 Å². The van der Waals surface area contributed by atoms with Crippen molar-refractivity contribution in [2.45, 2.75) is 37.9 Å². The number of hydrogen-bond acceptors (Lipinski definition) is 4. The number of rotatable bonds is 5. The van der Waals surface area contributed by atoms with Crippen molar-refractivity contribution < 1.29 is 13.2 Å². The van der Waals surface area contributed by atoms with Crippen molar-refractivity contribution in [1.29, 1.82) is 0 Å². The van der Waals surface area contributed by atoms with Gasteiger partial charge in [-0.25, -0.2) is 4.98 Å². The van der Waals surface area contributed by atoms with Crippen molar-refractivity contribution in [3.63, 3.8) is 0 Å². The summed E-state index contributed by atoms with van der Waals surface area (Å²) in [7, 11) is 0. The normalized spacial score (nSPS) is 14.7. The average molecular weight is 398 g/mol. The monoisotopic (exact) mass is 398 g/mol. The van der Waals surface area contributed by atoms with Gasteiger partial charge in [-0.2, -0.15) is 18.2 Å². The van der Waals surface area contributed by atoms with Gasteiger partial charge in [-0.15, -0.1) is 0 Å². The van der Waals surface area contributed by atoms with Crippen molar-refractivity contribution in [2.75, 3.05) is 10.6 Å². The minimum atomic E-state index is -4.35. The molecule has 0 amide bonds. The molecule has 1 aliphatic carbocycles. The lowest BCUT2D eigenvalue weighted by Gasteiger charge is -2.15. The number of halogens is 3. The van der Waals surface area contributed by atoms with Gasteiger partial charge < -0.3 is 10.6 Å². The van der Waals surface area contributed by atoms with Gasteiger partial charge in [-0.05, 0) is 37.1 Å². The number of alkyl halides is 3. The van der Waals surface area contributed by atoms with Crippen LogP contribution in [0.1, 0.15) is 31.2 Å². The van der Waals surface area contributed by atoms with E-state index in [9.17, 15) is 13.2 Å². The Morgan fingerprint density at radius 1 is 0.862 bits per heavy atom. The van der Waals surface area contributed by atoms with E-state index in [1.165, 1.54) is 25.0 Å². The molecule has 0 atom stereocenters. The van der Waals surface area contributed by atoms with Gasteiger partial charge in [-0.1, -0.05) is 43.2 Å². The molecule has 1 aromatic heterocycles. The lowest BCUT2D eigenvalue weighted by atomic mass is 10.1. The summed E-state index contributed by atoms with van der Waals surface area (Å²) in [6.07, 6.45) is 0.187. The molecule has 4 nitrogen and oxygen atoms in total. The maximum atomic E-state index is 12.8. The van der Waals surface area contributed by atoms with E-state index in [0.29, 0.717) is 23.5 Å². The van der Waals surface area contributed by atoms with Gasteiger partial charge in [0.2, 0.25) is 5.95 Å². The number of nitrogens with zero attached hydrogens (tertiary/aromatic N) is 2. The molecule has 1 aliphatic rings. The Bertz CT molecular complexity index is 950. The number of benzene rings is 2. The molecule has 0 saturated heterocycles. The molecule has 29 heavy (non-hydrogen) atoms. The van der Waals surface area contributed by atoms with Gasteiger partial charge in [0.05, 0.1) is 11.3 Å². The Morgan fingerprint density at radius 2 is 1.55 bits per heavy atom. The first kappa shape index (κ1) is 19.2. The molecule has 2 aromatic carbocycles. The maximum Gasteiger partial charge on any atom is 0.416 e. The van der Waals surface area contributed by atoms with Crippen molar-refractivity contribution in [2.24, 2.45) is 0 Å². The third-order valence-electron chi connectivity index (χ3n) is 4.97. The fraction of sp³-hybridized carbons (Fsp3) is 0.273. The number of nitrogens with one attached hydrogen (secondary N) is 2. The summed E-state index contributed by atoms with van der Waals surface area (Å²) in [5.41, 5.74) is 1.54. The van der Waals surface area contributed by atoms with Crippen LogP contribution in [0.5, 0.6) is 0 Å². The van der Waals surface area contributed by atoms with Crippen LogP contribution < -0.4 is 10.6 Å². The Hall–Kier alpha value is -3.09. The maximum absolute atomic E-state index is 12.8. The van der Waals surface area contributed by atoms with E-state index in [-0.39, 0.29) is 0 Å². The van der Waals surface area contributed by atoms with E-state index in [0.717, 1.165) is 36.2 Å². The standard InChI is InChI=1S/C22H21F3N4/c23-22(24,25)16-10-12-18(13-11-16)26-20-14-19(15-6-2-1-3-7-15)28-21(29-20)27-17-8-4-5-9-17/h1-3,6-7,10-14,17H,4-5,8-9H2,(H2,26,27,28,29). The van der Waals surface area contributed by atoms with Crippen LogP contribution >= 0.6 is 0 Å². The van der Waals surface area contributed by atoms with Crippen LogP contribution in [0.2, 0.25) is 0 Å². The lowest BCUT2D eigenvalue weighted by molar-refractivity contribution is -0.137. The molecular weight excluding hydrogens is 377 g/mol. The molecule has 1 fully saturated rings. The summed E-state index contributed by atoms with van der Waals surface area (Å²) < 4.78 is 38.4. The zero-order valence-corrected chi connectivity index (χ0v) is 15.7. The predicted molar refractivity (Wildman–Crippen MR) is 108 cm³/mol. The van der Waals surface area contributed by atoms with E-state index in [1.807, 2.05) is 30.3 Å². The highest BCUT2D eigenvalue weighted by Crippen LogP contribution is 2.31. The molecule has 0 aliphatic heterocycles. The summed E-state index contributed by atoms with van der Waals surface area (Å²) in [6.45, 7) is 0. The van der Waals surface area contributed by atoms with Crippen LogP contribution in [-0.4, -0.2) is 16.0 Å². The van der Waals surface area contributed by atoms with Crippen LogP contribution in [0.25, 0.3) is 11.3 Å². The highest BCUT2D eigenvalue weighted by molar-refractivity contribution is 5.67. The Kier molecular flexibility index (Phi) is 5.38. The second-order valence-corrected chi connectivity index (χ2v) is 7.15. The van der Waals surface area contributed by atoms with Crippen LogP contribution in [0.3, 0.4) is 0 Å². The molecule has 4 rings (SSSR count).